The Morgan fingerprint density at radius 2 is 1.71 bits per heavy atom. The Hall–Kier alpha value is -0.960. The van der Waals surface area contributed by atoms with Gasteiger partial charge in [-0.2, -0.15) is 0 Å². The zero-order chi connectivity index (χ0) is 17.8. The molecule has 0 aliphatic heterocycles. The van der Waals surface area contributed by atoms with Crippen molar-refractivity contribution in [1.82, 2.24) is 9.03 Å². The number of sulfonamides is 2. The number of rotatable bonds is 8. The first-order valence-corrected chi connectivity index (χ1v) is 11.6. The quantitative estimate of drug-likeness (QED) is 0.748. The molecule has 1 N–H and O–H groups in total. The summed E-state index contributed by atoms with van der Waals surface area (Å²) in [6, 6.07) is 5.27. The molecule has 0 bridgehead atoms. The molecular weight excluding hydrogens is 348 g/mol. The highest BCUT2D eigenvalue weighted by molar-refractivity contribution is 7.89. The molecule has 24 heavy (non-hydrogen) atoms. The van der Waals surface area contributed by atoms with Crippen LogP contribution in [0.25, 0.3) is 0 Å². The number of aryl methyl sites for hydroxylation is 2. The summed E-state index contributed by atoms with van der Waals surface area (Å²) in [5, 5.41) is 0. The minimum absolute atomic E-state index is 0.0620. The second kappa shape index (κ2) is 7.95. The van der Waals surface area contributed by atoms with E-state index in [0.29, 0.717) is 13.0 Å². The summed E-state index contributed by atoms with van der Waals surface area (Å²) < 4.78 is 52.0. The minimum atomic E-state index is -3.62. The van der Waals surface area contributed by atoms with Gasteiger partial charge in [-0.25, -0.2) is 25.9 Å². The number of benzene rings is 1. The maximum atomic E-state index is 12.4. The average Bonchev–Trinajstić information content (AvgIpc) is 2.52. The summed E-state index contributed by atoms with van der Waals surface area (Å²) in [6.45, 7) is 2.47. The van der Waals surface area contributed by atoms with Crippen LogP contribution in [-0.4, -0.2) is 47.0 Å². The van der Waals surface area contributed by atoms with Crippen LogP contribution >= 0.6 is 0 Å². The number of nitrogens with zero attached hydrogens (tertiary/aromatic N) is 1. The Kier molecular flexibility index (Phi) is 6.41. The highest BCUT2D eigenvalue weighted by Crippen LogP contribution is 2.23. The number of nitrogens with one attached hydrogen (secondary N) is 1. The molecule has 136 valence electrons. The van der Waals surface area contributed by atoms with Crippen LogP contribution in [0.3, 0.4) is 0 Å². The van der Waals surface area contributed by atoms with Crippen LogP contribution in [-0.2, 0) is 32.9 Å². The highest BCUT2D eigenvalue weighted by Gasteiger charge is 2.19. The zero-order valence-corrected chi connectivity index (χ0v) is 15.9. The molecule has 0 amide bonds. The van der Waals surface area contributed by atoms with Crippen LogP contribution in [0.1, 0.15) is 37.3 Å². The maximum absolute atomic E-state index is 12.4. The topological polar surface area (TPSA) is 83.6 Å². The van der Waals surface area contributed by atoms with Crippen LogP contribution in [0, 0.1) is 0 Å². The molecule has 0 heterocycles. The van der Waals surface area contributed by atoms with E-state index in [-0.39, 0.29) is 18.0 Å². The Balaban J connectivity index is 2.03. The van der Waals surface area contributed by atoms with E-state index >= 15 is 0 Å². The van der Waals surface area contributed by atoms with Crippen LogP contribution < -0.4 is 4.72 Å². The van der Waals surface area contributed by atoms with E-state index in [0.717, 1.165) is 37.5 Å². The third kappa shape index (κ3) is 5.02. The summed E-state index contributed by atoms with van der Waals surface area (Å²) in [7, 11) is -6.94. The molecular formula is C16H26N2O4S2. The van der Waals surface area contributed by atoms with E-state index in [2.05, 4.69) is 4.72 Å². The molecule has 0 aromatic heterocycles. The Bertz CT molecular complexity index is 773. The van der Waals surface area contributed by atoms with Crippen LogP contribution in [0.4, 0.5) is 0 Å². The predicted molar refractivity (Wildman–Crippen MR) is 95.0 cm³/mol. The van der Waals surface area contributed by atoms with Gasteiger partial charge in [-0.05, 0) is 55.4 Å². The molecule has 0 atom stereocenters. The number of hydrogen-bond donors (Lipinski definition) is 1. The van der Waals surface area contributed by atoms with Crippen molar-refractivity contribution >= 4 is 20.0 Å². The van der Waals surface area contributed by atoms with Crippen LogP contribution in [0.5, 0.6) is 0 Å². The Morgan fingerprint density at radius 1 is 1.04 bits per heavy atom. The number of hydrogen-bond acceptors (Lipinski definition) is 4. The van der Waals surface area contributed by atoms with Gasteiger partial charge in [0.1, 0.15) is 0 Å². The molecule has 1 aliphatic carbocycles. The summed E-state index contributed by atoms with van der Waals surface area (Å²) in [5.74, 6) is 0. The molecule has 0 spiro atoms. The van der Waals surface area contributed by atoms with Crippen molar-refractivity contribution in [1.29, 1.82) is 0 Å². The van der Waals surface area contributed by atoms with Gasteiger partial charge in [0.05, 0.1) is 11.2 Å². The third-order valence-corrected chi connectivity index (χ3v) is 6.99. The van der Waals surface area contributed by atoms with Crippen LogP contribution in [0.15, 0.2) is 23.1 Å². The highest BCUT2D eigenvalue weighted by atomic mass is 32.2. The van der Waals surface area contributed by atoms with E-state index in [1.165, 1.54) is 9.87 Å². The fourth-order valence-electron chi connectivity index (χ4n) is 2.96. The molecule has 8 heteroatoms. The van der Waals surface area contributed by atoms with Crippen molar-refractivity contribution in [2.24, 2.45) is 0 Å². The van der Waals surface area contributed by atoms with Crippen molar-refractivity contribution in [2.75, 3.05) is 25.9 Å². The monoisotopic (exact) mass is 374 g/mol. The molecule has 1 aliphatic rings. The fraction of sp³-hybridized carbons (Fsp3) is 0.625. The first kappa shape index (κ1) is 19.4. The van der Waals surface area contributed by atoms with Crippen molar-refractivity contribution in [2.45, 2.75) is 43.9 Å². The maximum Gasteiger partial charge on any atom is 0.240 e. The molecule has 6 nitrogen and oxygen atoms in total. The van der Waals surface area contributed by atoms with Gasteiger partial charge in [0.15, 0.2) is 0 Å². The standard InChI is InChI=1S/C16H26N2O4S2/c1-3-11-18(23(2,19)20)12-10-17-24(21,22)16-9-8-14-6-4-5-7-15(14)13-16/h8-9,13,17H,3-7,10-12H2,1-2H3. The van der Waals surface area contributed by atoms with Gasteiger partial charge in [0, 0.05) is 19.6 Å². The van der Waals surface area contributed by atoms with E-state index in [1.807, 2.05) is 13.0 Å². The van der Waals surface area contributed by atoms with Crippen molar-refractivity contribution < 1.29 is 16.8 Å². The van der Waals surface area contributed by atoms with Crippen molar-refractivity contribution in [3.63, 3.8) is 0 Å². The second-order valence-corrected chi connectivity index (χ2v) is 9.95. The predicted octanol–water partition coefficient (Wildman–Crippen LogP) is 1.52. The van der Waals surface area contributed by atoms with E-state index in [1.54, 1.807) is 12.1 Å². The molecule has 0 fully saturated rings. The summed E-state index contributed by atoms with van der Waals surface area (Å²) in [4.78, 5) is 0.254. The molecule has 2 rings (SSSR count). The zero-order valence-electron chi connectivity index (χ0n) is 14.3. The lowest BCUT2D eigenvalue weighted by Crippen LogP contribution is -2.38. The molecule has 1 aromatic rings. The first-order valence-electron chi connectivity index (χ1n) is 8.30. The van der Waals surface area contributed by atoms with Gasteiger partial charge < -0.3 is 0 Å². The Labute approximate surface area is 145 Å². The fourth-order valence-corrected chi connectivity index (χ4v) is 4.97. The third-order valence-electron chi connectivity index (χ3n) is 4.23. The molecule has 0 saturated heterocycles. The lowest BCUT2D eigenvalue weighted by Gasteiger charge is -2.20. The van der Waals surface area contributed by atoms with Crippen LogP contribution in [0.2, 0.25) is 0 Å². The SMILES string of the molecule is CCCN(CCNS(=O)(=O)c1ccc2c(c1)CCCC2)S(C)(=O)=O. The lowest BCUT2D eigenvalue weighted by molar-refractivity contribution is 0.416. The van der Waals surface area contributed by atoms with E-state index in [4.69, 9.17) is 0 Å². The molecule has 0 radical (unpaired) electrons. The summed E-state index contributed by atoms with van der Waals surface area (Å²) in [6.07, 6.45) is 5.98. The minimum Gasteiger partial charge on any atom is -0.213 e. The largest absolute Gasteiger partial charge is 0.240 e. The van der Waals surface area contributed by atoms with Gasteiger partial charge in [-0.1, -0.05) is 13.0 Å². The van der Waals surface area contributed by atoms with E-state index < -0.39 is 20.0 Å². The van der Waals surface area contributed by atoms with Gasteiger partial charge in [-0.15, -0.1) is 0 Å². The van der Waals surface area contributed by atoms with Gasteiger partial charge in [-0.3, -0.25) is 0 Å². The number of fused-ring (bicyclic) bond motifs is 1. The summed E-state index contributed by atoms with van der Waals surface area (Å²) >= 11 is 0. The average molecular weight is 375 g/mol. The van der Waals surface area contributed by atoms with Crippen molar-refractivity contribution in [3.05, 3.63) is 29.3 Å². The Morgan fingerprint density at radius 3 is 2.33 bits per heavy atom. The first-order chi connectivity index (χ1) is 11.2. The second-order valence-electron chi connectivity index (χ2n) is 6.20. The lowest BCUT2D eigenvalue weighted by atomic mass is 9.92. The van der Waals surface area contributed by atoms with Crippen molar-refractivity contribution in [3.8, 4) is 0 Å². The van der Waals surface area contributed by atoms with Gasteiger partial charge >= 0.3 is 0 Å². The normalized spacial score (nSPS) is 15.5. The molecule has 0 unspecified atom stereocenters. The molecule has 0 saturated carbocycles. The smallest absolute Gasteiger partial charge is 0.213 e. The van der Waals surface area contributed by atoms with Gasteiger partial charge in [0.25, 0.3) is 0 Å². The molecule has 1 aromatic carbocycles. The summed E-state index contributed by atoms with van der Waals surface area (Å²) in [5.41, 5.74) is 2.33. The van der Waals surface area contributed by atoms with E-state index in [9.17, 15) is 16.8 Å². The van der Waals surface area contributed by atoms with Gasteiger partial charge in [0.2, 0.25) is 20.0 Å².